The van der Waals surface area contributed by atoms with Crippen LogP contribution in [0.1, 0.15) is 9.67 Å². The number of benzene rings is 1. The SMILES string of the molecule is O=C(COC(=O)CSc1ccccc1)NC(=O)c1cccs1. The first-order valence-corrected chi connectivity index (χ1v) is 8.23. The molecule has 114 valence electrons. The topological polar surface area (TPSA) is 72.5 Å². The number of nitrogens with one attached hydrogen (secondary N) is 1. The molecule has 1 aromatic heterocycles. The molecule has 0 saturated carbocycles. The van der Waals surface area contributed by atoms with E-state index in [1.807, 2.05) is 30.3 Å². The summed E-state index contributed by atoms with van der Waals surface area (Å²) in [4.78, 5) is 36.0. The Bertz CT molecular complexity index is 641. The zero-order chi connectivity index (χ0) is 15.8. The van der Waals surface area contributed by atoms with Crippen LogP contribution in [0.15, 0.2) is 52.7 Å². The van der Waals surface area contributed by atoms with Crippen molar-refractivity contribution in [2.24, 2.45) is 0 Å². The van der Waals surface area contributed by atoms with E-state index in [9.17, 15) is 14.4 Å². The smallest absolute Gasteiger partial charge is 0.316 e. The molecule has 0 aliphatic heterocycles. The highest BCUT2D eigenvalue weighted by molar-refractivity contribution is 8.00. The van der Waals surface area contributed by atoms with Crippen molar-refractivity contribution < 1.29 is 19.1 Å². The lowest BCUT2D eigenvalue weighted by Gasteiger charge is -2.05. The van der Waals surface area contributed by atoms with E-state index in [1.165, 1.54) is 23.1 Å². The van der Waals surface area contributed by atoms with Crippen molar-refractivity contribution in [2.45, 2.75) is 4.90 Å². The minimum absolute atomic E-state index is 0.107. The van der Waals surface area contributed by atoms with Gasteiger partial charge in [0.05, 0.1) is 10.6 Å². The van der Waals surface area contributed by atoms with E-state index in [-0.39, 0.29) is 5.75 Å². The average molecular weight is 335 g/mol. The van der Waals surface area contributed by atoms with Gasteiger partial charge < -0.3 is 4.74 Å². The molecule has 5 nitrogen and oxygen atoms in total. The summed E-state index contributed by atoms with van der Waals surface area (Å²) in [5.74, 6) is -1.53. The summed E-state index contributed by atoms with van der Waals surface area (Å²) in [7, 11) is 0. The fourth-order valence-corrected chi connectivity index (χ4v) is 2.82. The van der Waals surface area contributed by atoms with Crippen molar-refractivity contribution in [3.8, 4) is 0 Å². The second-order valence-corrected chi connectivity index (χ2v) is 6.11. The number of ether oxygens (including phenoxy) is 1. The van der Waals surface area contributed by atoms with Crippen LogP contribution in [-0.2, 0) is 14.3 Å². The first kappa shape index (κ1) is 16.3. The van der Waals surface area contributed by atoms with E-state index in [0.717, 1.165) is 4.90 Å². The molecule has 0 unspecified atom stereocenters. The van der Waals surface area contributed by atoms with E-state index < -0.39 is 24.4 Å². The highest BCUT2D eigenvalue weighted by Crippen LogP contribution is 2.16. The Balaban J connectivity index is 1.67. The van der Waals surface area contributed by atoms with Crippen molar-refractivity contribution in [1.82, 2.24) is 5.32 Å². The van der Waals surface area contributed by atoms with Gasteiger partial charge in [0.1, 0.15) is 0 Å². The molecule has 22 heavy (non-hydrogen) atoms. The van der Waals surface area contributed by atoms with Gasteiger partial charge in [0, 0.05) is 4.90 Å². The maximum absolute atomic E-state index is 11.6. The highest BCUT2D eigenvalue weighted by atomic mass is 32.2. The molecule has 0 atom stereocenters. The van der Waals surface area contributed by atoms with Gasteiger partial charge in [0.15, 0.2) is 6.61 Å². The number of thioether (sulfide) groups is 1. The molecule has 1 heterocycles. The van der Waals surface area contributed by atoms with Crippen LogP contribution in [0.5, 0.6) is 0 Å². The molecule has 1 N–H and O–H groups in total. The van der Waals surface area contributed by atoms with Crippen molar-refractivity contribution in [2.75, 3.05) is 12.4 Å². The van der Waals surface area contributed by atoms with Crippen LogP contribution in [0, 0.1) is 0 Å². The van der Waals surface area contributed by atoms with Crippen LogP contribution < -0.4 is 5.32 Å². The molecule has 0 fully saturated rings. The summed E-state index contributed by atoms with van der Waals surface area (Å²) >= 11 is 2.55. The standard InChI is InChI=1S/C15H13NO4S2/c17-13(16-15(19)12-7-4-8-21-12)9-20-14(18)10-22-11-5-2-1-3-6-11/h1-8H,9-10H2,(H,16,17,19). The molecule has 2 aromatic rings. The minimum atomic E-state index is -0.642. The first-order chi connectivity index (χ1) is 10.6. The third-order valence-electron chi connectivity index (χ3n) is 2.46. The number of hydrogen-bond donors (Lipinski definition) is 1. The summed E-state index contributed by atoms with van der Waals surface area (Å²) < 4.78 is 4.82. The lowest BCUT2D eigenvalue weighted by atomic mass is 10.4. The molecule has 7 heteroatoms. The van der Waals surface area contributed by atoms with Crippen molar-refractivity contribution >= 4 is 40.9 Å². The maximum atomic E-state index is 11.6. The van der Waals surface area contributed by atoms with Crippen molar-refractivity contribution in [1.29, 1.82) is 0 Å². The predicted molar refractivity (Wildman–Crippen MR) is 84.9 cm³/mol. The second kappa shape index (κ2) is 8.35. The highest BCUT2D eigenvalue weighted by Gasteiger charge is 2.13. The molecule has 0 aliphatic carbocycles. The number of carbonyl (C=O) groups is 3. The number of esters is 1. The molecule has 0 bridgehead atoms. The number of hydrogen-bond acceptors (Lipinski definition) is 6. The Kier molecular flexibility index (Phi) is 6.17. The lowest BCUT2D eigenvalue weighted by Crippen LogP contribution is -2.33. The van der Waals surface area contributed by atoms with Gasteiger partial charge in [0.25, 0.3) is 11.8 Å². The summed E-state index contributed by atoms with van der Waals surface area (Å²) in [5.41, 5.74) is 0. The lowest BCUT2D eigenvalue weighted by molar-refractivity contribution is -0.145. The third kappa shape index (κ3) is 5.34. The fourth-order valence-electron chi connectivity index (χ4n) is 1.48. The Morgan fingerprint density at radius 1 is 1.09 bits per heavy atom. The van der Waals surface area contributed by atoms with Gasteiger partial charge in [0.2, 0.25) is 0 Å². The molecule has 0 radical (unpaired) electrons. The maximum Gasteiger partial charge on any atom is 0.316 e. The Morgan fingerprint density at radius 3 is 2.55 bits per heavy atom. The number of amides is 2. The van der Waals surface area contributed by atoms with E-state index in [2.05, 4.69) is 5.32 Å². The van der Waals surface area contributed by atoms with Crippen LogP contribution in [0.3, 0.4) is 0 Å². The zero-order valence-corrected chi connectivity index (χ0v) is 13.1. The average Bonchev–Trinajstić information content (AvgIpc) is 3.06. The van der Waals surface area contributed by atoms with E-state index in [4.69, 9.17) is 4.74 Å². The van der Waals surface area contributed by atoms with Crippen LogP contribution in [-0.4, -0.2) is 30.1 Å². The van der Waals surface area contributed by atoms with Gasteiger partial charge in [-0.25, -0.2) is 0 Å². The predicted octanol–water partition coefficient (Wildman–Crippen LogP) is 2.34. The molecule has 0 spiro atoms. The van der Waals surface area contributed by atoms with Crippen LogP contribution >= 0.6 is 23.1 Å². The number of carbonyl (C=O) groups excluding carboxylic acids is 3. The van der Waals surface area contributed by atoms with Crippen LogP contribution in [0.25, 0.3) is 0 Å². The molecular formula is C15H13NO4S2. The van der Waals surface area contributed by atoms with Gasteiger partial charge in [-0.3, -0.25) is 19.7 Å². The van der Waals surface area contributed by atoms with Crippen molar-refractivity contribution in [3.05, 3.63) is 52.7 Å². The summed E-state index contributed by atoms with van der Waals surface area (Å²) in [5, 5.41) is 3.90. The minimum Gasteiger partial charge on any atom is -0.455 e. The summed E-state index contributed by atoms with van der Waals surface area (Å²) in [6, 6.07) is 12.7. The van der Waals surface area contributed by atoms with Gasteiger partial charge in [-0.1, -0.05) is 24.3 Å². The van der Waals surface area contributed by atoms with Gasteiger partial charge in [-0.05, 0) is 23.6 Å². The quantitative estimate of drug-likeness (QED) is 0.648. The van der Waals surface area contributed by atoms with E-state index >= 15 is 0 Å². The molecule has 0 saturated heterocycles. The van der Waals surface area contributed by atoms with E-state index in [1.54, 1.807) is 17.5 Å². The molecule has 2 rings (SSSR count). The Hall–Kier alpha value is -2.12. The zero-order valence-electron chi connectivity index (χ0n) is 11.5. The molecular weight excluding hydrogens is 322 g/mol. The number of thiophene rings is 1. The summed E-state index contributed by atoms with van der Waals surface area (Å²) in [6.07, 6.45) is 0. The largest absolute Gasteiger partial charge is 0.455 e. The monoisotopic (exact) mass is 335 g/mol. The van der Waals surface area contributed by atoms with Gasteiger partial charge in [-0.2, -0.15) is 0 Å². The van der Waals surface area contributed by atoms with Crippen molar-refractivity contribution in [3.63, 3.8) is 0 Å². The third-order valence-corrected chi connectivity index (χ3v) is 4.32. The van der Waals surface area contributed by atoms with Gasteiger partial charge in [-0.15, -0.1) is 23.1 Å². The number of imide groups is 1. The van der Waals surface area contributed by atoms with Gasteiger partial charge >= 0.3 is 5.97 Å². The van der Waals surface area contributed by atoms with E-state index in [0.29, 0.717) is 4.88 Å². The molecule has 2 amide bonds. The number of rotatable bonds is 6. The molecule has 1 aromatic carbocycles. The summed E-state index contributed by atoms with van der Waals surface area (Å²) in [6.45, 7) is -0.467. The Labute approximate surface area is 135 Å². The fraction of sp³-hybridized carbons (Fsp3) is 0.133. The first-order valence-electron chi connectivity index (χ1n) is 6.36. The molecule has 0 aliphatic rings. The normalized spacial score (nSPS) is 10.0. The van der Waals surface area contributed by atoms with Crippen LogP contribution in [0.4, 0.5) is 0 Å². The Morgan fingerprint density at radius 2 is 1.86 bits per heavy atom. The second-order valence-electron chi connectivity index (χ2n) is 4.12. The van der Waals surface area contributed by atoms with Crippen LogP contribution in [0.2, 0.25) is 0 Å².